The van der Waals surface area contributed by atoms with E-state index in [2.05, 4.69) is 36.6 Å². The van der Waals surface area contributed by atoms with Gasteiger partial charge in [-0.15, -0.1) is 11.8 Å². The first-order chi connectivity index (χ1) is 10.1. The fourth-order valence-electron chi connectivity index (χ4n) is 3.32. The van der Waals surface area contributed by atoms with Gasteiger partial charge in [-0.2, -0.15) is 0 Å². The molecule has 1 aromatic carbocycles. The number of rotatable bonds is 3. The van der Waals surface area contributed by atoms with E-state index in [4.69, 9.17) is 0 Å². The number of piperidine rings is 1. The van der Waals surface area contributed by atoms with Crippen molar-refractivity contribution in [3.63, 3.8) is 0 Å². The summed E-state index contributed by atoms with van der Waals surface area (Å²) in [5.41, 5.74) is 1.45. The van der Waals surface area contributed by atoms with E-state index in [0.717, 1.165) is 18.8 Å². The Kier molecular flexibility index (Phi) is 4.27. The summed E-state index contributed by atoms with van der Waals surface area (Å²) >= 11 is 1.79. The molecule has 0 aliphatic carbocycles. The Morgan fingerprint density at radius 2 is 2.24 bits per heavy atom. The van der Waals surface area contributed by atoms with Crippen molar-refractivity contribution in [2.24, 2.45) is 5.41 Å². The third-order valence-electron chi connectivity index (χ3n) is 4.83. The minimum absolute atomic E-state index is 0.0119. The highest BCUT2D eigenvalue weighted by molar-refractivity contribution is 7.99. The lowest BCUT2D eigenvalue weighted by atomic mass is 9.77. The van der Waals surface area contributed by atoms with Crippen molar-refractivity contribution in [1.29, 1.82) is 0 Å². The molecule has 4 heteroatoms. The van der Waals surface area contributed by atoms with Crippen molar-refractivity contribution in [2.75, 3.05) is 18.8 Å². The van der Waals surface area contributed by atoms with E-state index in [1.54, 1.807) is 11.8 Å². The largest absolute Gasteiger partial charge is 0.354 e. The van der Waals surface area contributed by atoms with Crippen LogP contribution in [0.2, 0.25) is 0 Å². The fourth-order valence-corrected chi connectivity index (χ4v) is 4.55. The minimum atomic E-state index is 0.0119. The molecular formula is C17H24N2OS. The van der Waals surface area contributed by atoms with E-state index < -0.39 is 0 Å². The summed E-state index contributed by atoms with van der Waals surface area (Å²) in [6.45, 7) is 6.37. The van der Waals surface area contributed by atoms with Crippen LogP contribution in [0.25, 0.3) is 0 Å². The third kappa shape index (κ3) is 3.11. The van der Waals surface area contributed by atoms with Crippen LogP contribution in [0.1, 0.15) is 38.2 Å². The lowest BCUT2D eigenvalue weighted by Crippen LogP contribution is -2.53. The summed E-state index contributed by atoms with van der Waals surface area (Å²) in [6, 6.07) is 8.64. The van der Waals surface area contributed by atoms with Crippen molar-refractivity contribution in [3.8, 4) is 0 Å². The molecule has 0 saturated carbocycles. The van der Waals surface area contributed by atoms with Crippen molar-refractivity contribution < 1.29 is 4.79 Å². The monoisotopic (exact) mass is 304 g/mol. The van der Waals surface area contributed by atoms with E-state index >= 15 is 0 Å². The first-order valence-electron chi connectivity index (χ1n) is 7.81. The molecular weight excluding hydrogens is 280 g/mol. The summed E-state index contributed by atoms with van der Waals surface area (Å²) < 4.78 is 0. The van der Waals surface area contributed by atoms with E-state index in [9.17, 15) is 4.79 Å². The lowest BCUT2D eigenvalue weighted by molar-refractivity contribution is -0.122. The summed E-state index contributed by atoms with van der Waals surface area (Å²) in [5.74, 6) is 1.06. The quantitative estimate of drug-likeness (QED) is 0.902. The molecule has 0 aromatic heterocycles. The Labute approximate surface area is 131 Å². The van der Waals surface area contributed by atoms with Gasteiger partial charge in [-0.3, -0.25) is 4.79 Å². The Hall–Kier alpha value is -1.00. The van der Waals surface area contributed by atoms with Crippen LogP contribution < -0.4 is 10.6 Å². The second kappa shape index (κ2) is 6.01. The fraction of sp³-hybridized carbons (Fsp3) is 0.588. The zero-order valence-corrected chi connectivity index (χ0v) is 13.6. The maximum absolute atomic E-state index is 12.5. The molecule has 0 spiro atoms. The van der Waals surface area contributed by atoms with Crippen LogP contribution in [-0.2, 0) is 4.79 Å². The predicted octanol–water partition coefficient (Wildman–Crippen LogP) is 2.77. The number of amides is 1. The van der Waals surface area contributed by atoms with Crippen LogP contribution in [0.3, 0.4) is 0 Å². The van der Waals surface area contributed by atoms with Crippen molar-refractivity contribution in [2.45, 2.75) is 43.5 Å². The molecule has 3 nitrogen and oxygen atoms in total. The topological polar surface area (TPSA) is 41.1 Å². The maximum Gasteiger partial charge on any atom is 0.228 e. The maximum atomic E-state index is 12.5. The lowest BCUT2D eigenvalue weighted by Gasteiger charge is -2.39. The Morgan fingerprint density at radius 3 is 3.05 bits per heavy atom. The van der Waals surface area contributed by atoms with Gasteiger partial charge in [0.25, 0.3) is 0 Å². The molecule has 114 valence electrons. The number of fused-ring (bicyclic) bond motifs is 1. The number of thioether (sulfide) groups is 1. The molecule has 0 radical (unpaired) electrons. The van der Waals surface area contributed by atoms with Crippen molar-refractivity contribution in [1.82, 2.24) is 10.6 Å². The zero-order chi connectivity index (χ0) is 14.9. The smallest absolute Gasteiger partial charge is 0.228 e. The first-order valence-corrected chi connectivity index (χ1v) is 8.79. The predicted molar refractivity (Wildman–Crippen MR) is 87.7 cm³/mol. The Morgan fingerprint density at radius 1 is 1.43 bits per heavy atom. The van der Waals surface area contributed by atoms with Crippen molar-refractivity contribution >= 4 is 17.7 Å². The summed E-state index contributed by atoms with van der Waals surface area (Å²) in [6.07, 6.45) is 2.45. The van der Waals surface area contributed by atoms with E-state index in [1.165, 1.54) is 23.3 Å². The average molecular weight is 304 g/mol. The average Bonchev–Trinajstić information content (AvgIpc) is 2.89. The van der Waals surface area contributed by atoms with E-state index in [1.807, 2.05) is 12.1 Å². The number of carbonyl (C=O) groups is 1. The third-order valence-corrected chi connectivity index (χ3v) is 6.01. The van der Waals surface area contributed by atoms with Crippen LogP contribution >= 0.6 is 11.8 Å². The van der Waals surface area contributed by atoms with Gasteiger partial charge in [0.1, 0.15) is 0 Å². The Balaban J connectivity index is 1.60. The molecule has 0 bridgehead atoms. The number of hydrogen-bond donors (Lipinski definition) is 2. The number of nitrogens with one attached hydrogen (secondary N) is 2. The Bertz CT molecular complexity index is 529. The highest BCUT2D eigenvalue weighted by Crippen LogP contribution is 2.39. The molecule has 2 aliphatic rings. The zero-order valence-electron chi connectivity index (χ0n) is 12.8. The van der Waals surface area contributed by atoms with Gasteiger partial charge in [0, 0.05) is 23.2 Å². The molecule has 2 aliphatic heterocycles. The van der Waals surface area contributed by atoms with Crippen LogP contribution in [-0.4, -0.2) is 30.8 Å². The van der Waals surface area contributed by atoms with Crippen molar-refractivity contribution in [3.05, 3.63) is 29.8 Å². The van der Waals surface area contributed by atoms with Gasteiger partial charge in [-0.25, -0.2) is 0 Å². The van der Waals surface area contributed by atoms with Crippen LogP contribution in [0.5, 0.6) is 0 Å². The van der Waals surface area contributed by atoms with Gasteiger partial charge >= 0.3 is 0 Å². The molecule has 1 saturated heterocycles. The summed E-state index contributed by atoms with van der Waals surface area (Å²) in [4.78, 5) is 13.8. The molecule has 1 amide bonds. The molecule has 21 heavy (non-hydrogen) atoms. The highest BCUT2D eigenvalue weighted by atomic mass is 32.2. The molecule has 3 rings (SSSR count). The minimum Gasteiger partial charge on any atom is -0.354 e. The second-order valence-corrected chi connectivity index (χ2v) is 7.81. The molecule has 1 fully saturated rings. The molecule has 1 aromatic rings. The van der Waals surface area contributed by atoms with Crippen LogP contribution in [0.4, 0.5) is 0 Å². The highest BCUT2D eigenvalue weighted by Gasteiger charge is 2.34. The van der Waals surface area contributed by atoms with Gasteiger partial charge in [-0.1, -0.05) is 32.0 Å². The van der Waals surface area contributed by atoms with E-state index in [0.29, 0.717) is 6.04 Å². The standard InChI is InChI=1S/C17H24N2OS/c1-17(2)8-5-9-18-15(17)10-19-16(20)13-11-21-14-7-4-3-6-12(13)14/h3-4,6-7,13,15,18H,5,8-11H2,1-2H3,(H,19,20). The van der Waals surface area contributed by atoms with Gasteiger partial charge in [0.2, 0.25) is 5.91 Å². The molecule has 2 heterocycles. The van der Waals surface area contributed by atoms with Gasteiger partial charge in [0.15, 0.2) is 0 Å². The summed E-state index contributed by atoms with van der Waals surface area (Å²) in [7, 11) is 0. The molecule has 2 unspecified atom stereocenters. The number of benzene rings is 1. The summed E-state index contributed by atoms with van der Waals surface area (Å²) in [5, 5.41) is 6.73. The number of carbonyl (C=O) groups excluding carboxylic acids is 1. The van der Waals surface area contributed by atoms with Gasteiger partial charge in [0.05, 0.1) is 5.92 Å². The normalized spacial score (nSPS) is 27.1. The molecule has 2 atom stereocenters. The number of hydrogen-bond acceptors (Lipinski definition) is 3. The van der Waals surface area contributed by atoms with Crippen LogP contribution in [0.15, 0.2) is 29.2 Å². The van der Waals surface area contributed by atoms with Crippen LogP contribution in [0, 0.1) is 5.41 Å². The van der Waals surface area contributed by atoms with E-state index in [-0.39, 0.29) is 17.2 Å². The van der Waals surface area contributed by atoms with Gasteiger partial charge < -0.3 is 10.6 Å². The first kappa shape index (κ1) is 14.9. The SMILES string of the molecule is CC1(C)CCCNC1CNC(=O)C1CSc2ccccc21. The second-order valence-electron chi connectivity index (χ2n) is 6.75. The molecule has 2 N–H and O–H groups in total. The van der Waals surface area contributed by atoms with Gasteiger partial charge in [-0.05, 0) is 36.4 Å².